The zero-order chi connectivity index (χ0) is 14.7. The smallest absolute Gasteiger partial charge is 0.237 e. The van der Waals surface area contributed by atoms with Gasteiger partial charge in [0, 0.05) is 0 Å². The van der Waals surface area contributed by atoms with Gasteiger partial charge in [-0.3, -0.25) is 4.79 Å². The van der Waals surface area contributed by atoms with Gasteiger partial charge < -0.3 is 16.0 Å². The van der Waals surface area contributed by atoms with E-state index < -0.39 is 6.04 Å². The molecule has 0 aliphatic carbocycles. The average Bonchev–Trinajstić information content (AvgIpc) is 2.84. The molecular formula is C14H20ClFN4O. The molecule has 116 valence electrons. The maximum Gasteiger partial charge on any atom is 0.237 e. The number of hydrogen-bond acceptors (Lipinski definition) is 3. The summed E-state index contributed by atoms with van der Waals surface area (Å²) in [5.74, 6) is 0.177. The maximum absolute atomic E-state index is 13.1. The summed E-state index contributed by atoms with van der Waals surface area (Å²) in [4.78, 5) is 19.1. The van der Waals surface area contributed by atoms with Gasteiger partial charge in [0.1, 0.15) is 11.6 Å². The quantitative estimate of drug-likeness (QED) is 0.790. The van der Waals surface area contributed by atoms with Crippen LogP contribution in [0.5, 0.6) is 0 Å². The van der Waals surface area contributed by atoms with E-state index in [1.165, 1.54) is 12.1 Å². The van der Waals surface area contributed by atoms with Gasteiger partial charge in [-0.05, 0) is 24.1 Å². The van der Waals surface area contributed by atoms with Crippen molar-refractivity contribution in [3.63, 3.8) is 0 Å². The molecule has 7 heteroatoms. The summed E-state index contributed by atoms with van der Waals surface area (Å²) in [6.45, 7) is 4.18. The molecule has 2 atom stereocenters. The van der Waals surface area contributed by atoms with Gasteiger partial charge in [0.2, 0.25) is 5.91 Å². The molecule has 0 fully saturated rings. The summed E-state index contributed by atoms with van der Waals surface area (Å²) in [6.07, 6.45) is 0.846. The van der Waals surface area contributed by atoms with E-state index in [4.69, 9.17) is 5.73 Å². The topological polar surface area (TPSA) is 83.8 Å². The fraction of sp³-hybridized carbons (Fsp3) is 0.429. The van der Waals surface area contributed by atoms with Crippen molar-refractivity contribution in [2.45, 2.75) is 32.9 Å². The number of benzene rings is 1. The van der Waals surface area contributed by atoms with Crippen LogP contribution in [0.25, 0.3) is 11.0 Å². The van der Waals surface area contributed by atoms with E-state index in [9.17, 15) is 9.18 Å². The van der Waals surface area contributed by atoms with Crippen LogP contribution in [0.4, 0.5) is 4.39 Å². The van der Waals surface area contributed by atoms with Crippen molar-refractivity contribution in [3.8, 4) is 0 Å². The van der Waals surface area contributed by atoms with E-state index >= 15 is 0 Å². The van der Waals surface area contributed by atoms with Gasteiger partial charge in [0.25, 0.3) is 0 Å². The summed E-state index contributed by atoms with van der Waals surface area (Å²) in [7, 11) is 0. The third kappa shape index (κ3) is 4.15. The molecule has 0 aliphatic rings. The summed E-state index contributed by atoms with van der Waals surface area (Å²) >= 11 is 0. The van der Waals surface area contributed by atoms with Crippen molar-refractivity contribution in [3.05, 3.63) is 29.8 Å². The number of rotatable bonds is 5. The Labute approximate surface area is 128 Å². The van der Waals surface area contributed by atoms with E-state index in [0.29, 0.717) is 16.9 Å². The molecule has 2 rings (SSSR count). The van der Waals surface area contributed by atoms with Crippen LogP contribution in [0.15, 0.2) is 18.2 Å². The Bertz CT molecular complexity index is 616. The minimum atomic E-state index is -0.526. The van der Waals surface area contributed by atoms with Crippen molar-refractivity contribution in [1.29, 1.82) is 0 Å². The Morgan fingerprint density at radius 1 is 1.52 bits per heavy atom. The zero-order valence-electron chi connectivity index (χ0n) is 12.0. The molecule has 0 radical (unpaired) electrons. The maximum atomic E-state index is 13.1. The lowest BCUT2D eigenvalue weighted by Gasteiger charge is -2.17. The monoisotopic (exact) mass is 314 g/mol. The first-order valence-corrected chi connectivity index (χ1v) is 6.68. The number of halogens is 2. The number of aromatic amines is 1. The van der Waals surface area contributed by atoms with Crippen LogP contribution in [0.1, 0.15) is 26.1 Å². The van der Waals surface area contributed by atoms with Crippen LogP contribution in [0, 0.1) is 11.7 Å². The Morgan fingerprint density at radius 3 is 2.90 bits per heavy atom. The Balaban J connectivity index is 0.00000220. The average molecular weight is 315 g/mol. The fourth-order valence-electron chi connectivity index (χ4n) is 1.92. The van der Waals surface area contributed by atoms with E-state index in [0.717, 1.165) is 6.42 Å². The molecule has 2 unspecified atom stereocenters. The SMILES string of the molecule is CCC(C)C(N)C(=O)NCc1nc2ccc(F)cc2[nH]1.Cl. The molecule has 0 bridgehead atoms. The summed E-state index contributed by atoms with van der Waals surface area (Å²) in [5.41, 5.74) is 7.12. The Kier molecular flexibility index (Phi) is 6.11. The largest absolute Gasteiger partial charge is 0.348 e. The first-order chi connectivity index (χ1) is 9.51. The van der Waals surface area contributed by atoms with Gasteiger partial charge >= 0.3 is 0 Å². The second-order valence-electron chi connectivity index (χ2n) is 4.97. The predicted molar refractivity (Wildman–Crippen MR) is 82.6 cm³/mol. The fourth-order valence-corrected chi connectivity index (χ4v) is 1.92. The first-order valence-electron chi connectivity index (χ1n) is 6.68. The highest BCUT2D eigenvalue weighted by Crippen LogP contribution is 2.13. The number of aromatic nitrogens is 2. The van der Waals surface area contributed by atoms with Gasteiger partial charge in [-0.2, -0.15) is 0 Å². The summed E-state index contributed by atoms with van der Waals surface area (Å²) in [5, 5.41) is 2.74. The van der Waals surface area contributed by atoms with Crippen LogP contribution in [0.2, 0.25) is 0 Å². The molecular weight excluding hydrogens is 295 g/mol. The summed E-state index contributed by atoms with van der Waals surface area (Å²) in [6, 6.07) is 3.79. The zero-order valence-corrected chi connectivity index (χ0v) is 12.8. The van der Waals surface area contributed by atoms with E-state index in [-0.39, 0.29) is 36.6 Å². The lowest BCUT2D eigenvalue weighted by atomic mass is 9.99. The minimum Gasteiger partial charge on any atom is -0.348 e. The first kappa shape index (κ1) is 17.4. The lowest BCUT2D eigenvalue weighted by Crippen LogP contribution is -2.44. The van der Waals surface area contributed by atoms with Crippen LogP contribution < -0.4 is 11.1 Å². The standard InChI is InChI=1S/C14H19FN4O.ClH/c1-3-8(2)13(16)14(20)17-7-12-18-10-5-4-9(15)6-11(10)19-12;/h4-6,8,13H,3,7,16H2,1-2H3,(H,17,20)(H,18,19);1H. The predicted octanol–water partition coefficient (Wildman–Crippen LogP) is 2.11. The number of nitrogens with two attached hydrogens (primary N) is 1. The van der Waals surface area contributed by atoms with E-state index in [2.05, 4.69) is 15.3 Å². The molecule has 0 aliphatic heterocycles. The normalized spacial score (nSPS) is 13.5. The molecule has 0 saturated carbocycles. The molecule has 21 heavy (non-hydrogen) atoms. The van der Waals surface area contributed by atoms with Crippen LogP contribution in [-0.2, 0) is 11.3 Å². The third-order valence-electron chi connectivity index (χ3n) is 3.48. The van der Waals surface area contributed by atoms with Crippen molar-refractivity contribution >= 4 is 29.3 Å². The molecule has 0 saturated heterocycles. The van der Waals surface area contributed by atoms with Crippen molar-refractivity contribution in [2.75, 3.05) is 0 Å². The van der Waals surface area contributed by atoms with Crippen molar-refractivity contribution in [2.24, 2.45) is 11.7 Å². The number of carbonyl (C=O) groups is 1. The molecule has 1 aromatic carbocycles. The van der Waals surface area contributed by atoms with Crippen molar-refractivity contribution in [1.82, 2.24) is 15.3 Å². The lowest BCUT2D eigenvalue weighted by molar-refractivity contribution is -0.123. The second-order valence-corrected chi connectivity index (χ2v) is 4.97. The number of nitrogens with one attached hydrogen (secondary N) is 2. The summed E-state index contributed by atoms with van der Waals surface area (Å²) < 4.78 is 13.1. The minimum absolute atomic E-state index is 0. The highest BCUT2D eigenvalue weighted by molar-refractivity contribution is 5.85. The molecule has 1 aromatic heterocycles. The number of fused-ring (bicyclic) bond motifs is 1. The third-order valence-corrected chi connectivity index (χ3v) is 3.48. The molecule has 5 nitrogen and oxygen atoms in total. The van der Waals surface area contributed by atoms with Gasteiger partial charge in [-0.25, -0.2) is 9.37 Å². The molecule has 0 spiro atoms. The highest BCUT2D eigenvalue weighted by Gasteiger charge is 2.19. The molecule has 1 heterocycles. The highest BCUT2D eigenvalue weighted by atomic mass is 35.5. The number of hydrogen-bond donors (Lipinski definition) is 3. The van der Waals surface area contributed by atoms with Gasteiger partial charge in [-0.1, -0.05) is 20.3 Å². The number of carbonyl (C=O) groups excluding carboxylic acids is 1. The number of amides is 1. The van der Waals surface area contributed by atoms with Gasteiger partial charge in [0.15, 0.2) is 0 Å². The van der Waals surface area contributed by atoms with E-state index in [1.807, 2.05) is 13.8 Å². The van der Waals surface area contributed by atoms with E-state index in [1.54, 1.807) is 6.07 Å². The van der Waals surface area contributed by atoms with Gasteiger partial charge in [0.05, 0.1) is 23.6 Å². The van der Waals surface area contributed by atoms with Crippen molar-refractivity contribution < 1.29 is 9.18 Å². The Morgan fingerprint density at radius 2 is 2.24 bits per heavy atom. The van der Waals surface area contributed by atoms with Crippen LogP contribution >= 0.6 is 12.4 Å². The second kappa shape index (κ2) is 7.38. The molecule has 2 aromatic rings. The number of imidazole rings is 1. The Hall–Kier alpha value is -1.66. The van der Waals surface area contributed by atoms with Crippen LogP contribution in [0.3, 0.4) is 0 Å². The molecule has 4 N–H and O–H groups in total. The number of H-pyrrole nitrogens is 1. The van der Waals surface area contributed by atoms with Crippen LogP contribution in [-0.4, -0.2) is 21.9 Å². The van der Waals surface area contributed by atoms with Gasteiger partial charge in [-0.15, -0.1) is 12.4 Å². The molecule has 1 amide bonds. The number of nitrogens with zero attached hydrogens (tertiary/aromatic N) is 1.